The maximum Gasteiger partial charge on any atom is 0.305 e. The predicted octanol–water partition coefficient (Wildman–Crippen LogP) is 1.59. The normalized spacial score (nSPS) is 6.65. The van der Waals surface area contributed by atoms with Crippen LogP contribution in [0.3, 0.4) is 0 Å². The van der Waals surface area contributed by atoms with Crippen LogP contribution in [-0.2, 0) is 76.7 Å². The molecule has 31 heteroatoms. The summed E-state index contributed by atoms with van der Waals surface area (Å²) in [6.45, 7) is 17.4. The third kappa shape index (κ3) is 167000. The number of carbonyl (C=O) groups is 15. The van der Waals surface area contributed by atoms with Crippen molar-refractivity contribution in [2.24, 2.45) is 0 Å². The van der Waals surface area contributed by atoms with Gasteiger partial charge < -0.3 is 81.3 Å². The Kier molecular flexibility index (Phi) is 150. The highest BCUT2D eigenvalue weighted by atomic mass is 16.5. The summed E-state index contributed by atoms with van der Waals surface area (Å²) in [5, 5.41) is 112. The van der Waals surface area contributed by atoms with Crippen LogP contribution in [0.4, 0.5) is 0 Å². The molecular weight excluding hydrogens is 904 g/mol. The summed E-state index contributed by atoms with van der Waals surface area (Å²) in [5.74, 6) is -11.9. The highest BCUT2D eigenvalue weighted by Gasteiger charge is 1.98. The quantitative estimate of drug-likeness (QED) is 0.178. The lowest BCUT2D eigenvalue weighted by molar-refractivity contribution is -0.144. The number of carboxylic acid groups (broad SMARTS) is 14. The number of rotatable bonds is 4. The van der Waals surface area contributed by atoms with Gasteiger partial charge in [-0.1, -0.05) is 0 Å². The molecular formula is C34H68O31. The number of ether oxygens (including phenoxy) is 1. The van der Waals surface area contributed by atoms with Crippen LogP contribution in [0, 0.1) is 0 Å². The monoisotopic (exact) mass is 972 g/mol. The highest BCUT2D eigenvalue weighted by Crippen LogP contribution is 1.90. The minimum atomic E-state index is -0.833. The molecule has 0 aliphatic heterocycles. The molecule has 0 rings (SSSR count). The summed E-state index contributed by atoms with van der Waals surface area (Å²) >= 11 is 0. The van der Waals surface area contributed by atoms with Gasteiger partial charge in [0, 0.05) is 110 Å². The molecule has 0 bridgehead atoms. The van der Waals surface area contributed by atoms with Crippen LogP contribution >= 0.6 is 0 Å². The van der Waals surface area contributed by atoms with Crippen LogP contribution in [0.15, 0.2) is 0 Å². The summed E-state index contributed by atoms with van der Waals surface area (Å²) in [6.07, 6.45) is 0.823. The van der Waals surface area contributed by atoms with E-state index < -0.39 is 83.6 Å². The second kappa shape index (κ2) is 96.0. The Morgan fingerprint density at radius 1 is 0.277 bits per heavy atom. The first-order valence-corrected chi connectivity index (χ1v) is 16.1. The van der Waals surface area contributed by atoms with E-state index in [0.717, 1.165) is 96.9 Å². The van der Waals surface area contributed by atoms with Crippen molar-refractivity contribution in [1.82, 2.24) is 0 Å². The van der Waals surface area contributed by atoms with Gasteiger partial charge in [0.05, 0.1) is 6.61 Å². The first kappa shape index (κ1) is 101. The van der Waals surface area contributed by atoms with Crippen molar-refractivity contribution >= 4 is 89.5 Å². The van der Waals surface area contributed by atoms with Gasteiger partial charge in [-0.2, -0.15) is 0 Å². The van der Waals surface area contributed by atoms with Crippen LogP contribution in [0.1, 0.15) is 117 Å². The molecule has 0 spiro atoms. The molecule has 0 atom stereocenters. The Morgan fingerprint density at radius 3 is 0.431 bits per heavy atom. The van der Waals surface area contributed by atoms with Crippen molar-refractivity contribution in [1.29, 1.82) is 0 Å². The number of hydrogen-bond acceptors (Lipinski definition) is 17. The molecule has 15 N–H and O–H groups in total. The summed E-state index contributed by atoms with van der Waals surface area (Å²) in [5.41, 5.74) is 0. The zero-order valence-electron chi connectivity index (χ0n) is 38.6. The Balaban J connectivity index is -0.0000000320. The van der Waals surface area contributed by atoms with Crippen molar-refractivity contribution in [2.75, 3.05) is 13.2 Å². The topological polar surface area (TPSA) is 569 Å². The summed E-state index contributed by atoms with van der Waals surface area (Å²) in [4.78, 5) is 136. The van der Waals surface area contributed by atoms with Crippen LogP contribution < -0.4 is 0 Å². The van der Waals surface area contributed by atoms with Crippen LogP contribution in [0.5, 0.6) is 0 Å². The molecule has 0 aromatic heterocycles. The molecule has 0 radical (unpaired) electrons. The van der Waals surface area contributed by atoms with Crippen LogP contribution in [0.25, 0.3) is 0 Å². The summed E-state index contributed by atoms with van der Waals surface area (Å²) in [6, 6.07) is 0. The van der Waals surface area contributed by atoms with E-state index in [1.165, 1.54) is 0 Å². The van der Waals surface area contributed by atoms with E-state index in [1.54, 1.807) is 6.92 Å². The third-order valence-electron chi connectivity index (χ3n) is 0.844. The first-order valence-electron chi connectivity index (χ1n) is 16.1. The molecule has 0 saturated carbocycles. The van der Waals surface area contributed by atoms with Crippen molar-refractivity contribution in [2.45, 2.75) is 117 Å². The molecule has 390 valence electrons. The maximum atomic E-state index is 10.5. The molecule has 0 fully saturated rings. The van der Waals surface area contributed by atoms with Gasteiger partial charge in [0.25, 0.3) is 83.6 Å². The predicted molar refractivity (Wildman–Crippen MR) is 219 cm³/mol. The van der Waals surface area contributed by atoms with Crippen LogP contribution in [0.2, 0.25) is 0 Å². The third-order valence-corrected chi connectivity index (χ3v) is 0.844. The molecule has 0 heterocycles. The SMILES string of the molecule is CC(=O)O.CC(=O)O.CC(=O)O.CC(=O)O.CC(=O)O.CC(=O)O.CC(=O)O.CC(=O)O.CC(=O)O.CC(=O)O.CC(=O)O.CC(=O)O.CC(=O)O.CC(=O)O.CCOC(=O)CCCO. The van der Waals surface area contributed by atoms with Gasteiger partial charge in [0.1, 0.15) is 0 Å². The van der Waals surface area contributed by atoms with E-state index >= 15 is 0 Å². The van der Waals surface area contributed by atoms with Gasteiger partial charge in [-0.05, 0) is 13.3 Å². The fourth-order valence-electron chi connectivity index (χ4n) is 0.457. The van der Waals surface area contributed by atoms with Gasteiger partial charge in [0.15, 0.2) is 0 Å². The smallest absolute Gasteiger partial charge is 0.305 e. The molecule has 0 saturated heterocycles. The molecule has 0 aliphatic rings. The van der Waals surface area contributed by atoms with Gasteiger partial charge in [0.2, 0.25) is 0 Å². The second-order valence-corrected chi connectivity index (χ2v) is 8.90. The molecule has 65 heavy (non-hydrogen) atoms. The molecule has 0 aliphatic carbocycles. The standard InChI is InChI=1S/C6H12O3.14C2H4O2/c1-2-9-6(8)4-3-5-7;14*1-2(3)4/h7H,2-5H2,1H3;14*1H3,(H,3,4). The summed E-state index contributed by atoms with van der Waals surface area (Å²) < 4.78 is 4.59. The molecule has 31 nitrogen and oxygen atoms in total. The molecule has 0 unspecified atom stereocenters. The van der Waals surface area contributed by atoms with Crippen molar-refractivity contribution in [3.05, 3.63) is 0 Å². The number of aliphatic hydroxyl groups is 1. The van der Waals surface area contributed by atoms with Gasteiger partial charge in [-0.15, -0.1) is 0 Å². The Morgan fingerprint density at radius 2 is 0.369 bits per heavy atom. The molecule has 0 aromatic rings. The van der Waals surface area contributed by atoms with E-state index in [0.29, 0.717) is 19.4 Å². The zero-order valence-corrected chi connectivity index (χ0v) is 38.6. The van der Waals surface area contributed by atoms with E-state index in [4.69, 9.17) is 144 Å². The van der Waals surface area contributed by atoms with E-state index in [1.807, 2.05) is 0 Å². The Bertz CT molecular complexity index is 877. The van der Waals surface area contributed by atoms with Gasteiger partial charge >= 0.3 is 5.97 Å². The number of esters is 1. The van der Waals surface area contributed by atoms with Crippen molar-refractivity contribution in [3.63, 3.8) is 0 Å². The fourth-order valence-corrected chi connectivity index (χ4v) is 0.457. The van der Waals surface area contributed by atoms with Crippen molar-refractivity contribution in [3.8, 4) is 0 Å². The average Bonchev–Trinajstić information content (AvgIpc) is 2.92. The van der Waals surface area contributed by atoms with E-state index in [9.17, 15) is 4.79 Å². The lowest BCUT2D eigenvalue weighted by Crippen LogP contribution is -2.03. The van der Waals surface area contributed by atoms with Crippen LogP contribution in [-0.4, -0.2) is 179 Å². The lowest BCUT2D eigenvalue weighted by atomic mass is 10.3. The Hall–Kier alpha value is -7.99. The minimum absolute atomic E-state index is 0.0544. The zero-order chi connectivity index (χ0) is 57.2. The lowest BCUT2D eigenvalue weighted by Gasteiger charge is -1.97. The fraction of sp³-hybridized carbons (Fsp3) is 0.559. The van der Waals surface area contributed by atoms with Gasteiger partial charge in [-0.3, -0.25) is 71.9 Å². The Labute approximate surface area is 372 Å². The van der Waals surface area contributed by atoms with E-state index in [2.05, 4.69) is 4.74 Å². The number of aliphatic hydroxyl groups excluding tert-OH is 1. The number of aliphatic carboxylic acids is 14. The second-order valence-electron chi connectivity index (χ2n) is 8.90. The molecule has 0 aromatic carbocycles. The van der Waals surface area contributed by atoms with E-state index in [-0.39, 0.29) is 12.6 Å². The minimum Gasteiger partial charge on any atom is -0.481 e. The largest absolute Gasteiger partial charge is 0.481 e. The maximum absolute atomic E-state index is 10.5. The van der Waals surface area contributed by atoms with Gasteiger partial charge in [-0.25, -0.2) is 0 Å². The van der Waals surface area contributed by atoms with Crippen molar-refractivity contribution < 1.29 is 153 Å². The number of carboxylic acids is 14. The number of hydrogen-bond donors (Lipinski definition) is 15. The first-order chi connectivity index (χ1) is 28.6. The summed E-state index contributed by atoms with van der Waals surface area (Å²) in [7, 11) is 0. The number of carbonyl (C=O) groups excluding carboxylic acids is 1. The molecule has 0 amide bonds. The highest BCUT2D eigenvalue weighted by molar-refractivity contribution is 5.69. The average molecular weight is 973 g/mol.